The molecule has 132 valence electrons. The first-order valence-electron chi connectivity index (χ1n) is 7.40. The third kappa shape index (κ3) is 5.37. The van der Waals surface area contributed by atoms with Crippen molar-refractivity contribution in [3.8, 4) is 5.75 Å². The van der Waals surface area contributed by atoms with Crippen LogP contribution in [0.1, 0.15) is 28.4 Å². The summed E-state index contributed by atoms with van der Waals surface area (Å²) in [6, 6.07) is 11.0. The molecule has 0 fully saturated rings. The van der Waals surface area contributed by atoms with Gasteiger partial charge in [0.25, 0.3) is 5.91 Å². The van der Waals surface area contributed by atoms with Crippen molar-refractivity contribution >= 4 is 35.1 Å². The van der Waals surface area contributed by atoms with E-state index in [9.17, 15) is 9.59 Å². The molecule has 0 saturated heterocycles. The van der Waals surface area contributed by atoms with Crippen LogP contribution in [0.4, 0.5) is 0 Å². The lowest BCUT2D eigenvalue weighted by atomic mass is 10.0. The molecule has 1 amide bonds. The average molecular weight is 382 g/mol. The van der Waals surface area contributed by atoms with Gasteiger partial charge in [0.15, 0.2) is 0 Å². The molecule has 25 heavy (non-hydrogen) atoms. The highest BCUT2D eigenvalue weighted by molar-refractivity contribution is 6.35. The van der Waals surface area contributed by atoms with Gasteiger partial charge in [-0.3, -0.25) is 9.59 Å². The molecule has 0 saturated carbocycles. The normalized spacial score (nSPS) is 11.5. The maximum absolute atomic E-state index is 12.5. The van der Waals surface area contributed by atoms with E-state index in [0.29, 0.717) is 21.4 Å². The standard InChI is InChI=1S/C18H17Cl2NO4/c1-24-15-5-3-11(4-6-15)16(10-17(22)25-2)21-18(23)12-7-13(19)9-14(20)8-12/h3-9,16H,10H2,1-2H3,(H,21,23). The monoisotopic (exact) mass is 381 g/mol. The van der Waals surface area contributed by atoms with E-state index >= 15 is 0 Å². The van der Waals surface area contributed by atoms with Gasteiger partial charge in [0.05, 0.1) is 26.7 Å². The lowest BCUT2D eigenvalue weighted by Gasteiger charge is -2.19. The minimum Gasteiger partial charge on any atom is -0.497 e. The molecule has 2 rings (SSSR count). The van der Waals surface area contributed by atoms with Gasteiger partial charge in [0, 0.05) is 15.6 Å². The Bertz CT molecular complexity index is 742. The highest BCUT2D eigenvalue weighted by atomic mass is 35.5. The van der Waals surface area contributed by atoms with Crippen LogP contribution in [0.2, 0.25) is 10.0 Å². The Kier molecular flexibility index (Phi) is 6.67. The van der Waals surface area contributed by atoms with Crippen LogP contribution in [0.25, 0.3) is 0 Å². The van der Waals surface area contributed by atoms with Gasteiger partial charge in [0.1, 0.15) is 5.75 Å². The number of benzene rings is 2. The molecule has 5 nitrogen and oxygen atoms in total. The van der Waals surface area contributed by atoms with Crippen LogP contribution in [-0.4, -0.2) is 26.1 Å². The molecule has 1 atom stereocenters. The van der Waals surface area contributed by atoms with Crippen LogP contribution in [0.15, 0.2) is 42.5 Å². The first-order valence-corrected chi connectivity index (χ1v) is 8.16. The van der Waals surface area contributed by atoms with Crippen LogP contribution in [-0.2, 0) is 9.53 Å². The van der Waals surface area contributed by atoms with E-state index in [4.69, 9.17) is 32.7 Å². The SMILES string of the molecule is COC(=O)CC(NC(=O)c1cc(Cl)cc(Cl)c1)c1ccc(OC)cc1. The zero-order chi connectivity index (χ0) is 18.4. The number of halogens is 2. The van der Waals surface area contributed by atoms with Gasteiger partial charge in [-0.15, -0.1) is 0 Å². The lowest BCUT2D eigenvalue weighted by molar-refractivity contribution is -0.141. The fraction of sp³-hybridized carbons (Fsp3) is 0.222. The Labute approximate surface area is 155 Å². The second kappa shape index (κ2) is 8.74. The summed E-state index contributed by atoms with van der Waals surface area (Å²) in [5, 5.41) is 3.52. The fourth-order valence-corrected chi connectivity index (χ4v) is 2.79. The lowest BCUT2D eigenvalue weighted by Crippen LogP contribution is -2.30. The van der Waals surface area contributed by atoms with Crippen molar-refractivity contribution in [2.45, 2.75) is 12.5 Å². The van der Waals surface area contributed by atoms with E-state index in [1.54, 1.807) is 31.4 Å². The van der Waals surface area contributed by atoms with E-state index < -0.39 is 17.9 Å². The summed E-state index contributed by atoms with van der Waals surface area (Å²) in [6.45, 7) is 0. The molecule has 0 heterocycles. The quantitative estimate of drug-likeness (QED) is 0.766. The molecule has 2 aromatic carbocycles. The summed E-state index contributed by atoms with van der Waals surface area (Å²) in [6.07, 6.45) is -0.0110. The molecule has 0 aliphatic rings. The van der Waals surface area contributed by atoms with Gasteiger partial charge >= 0.3 is 5.97 Å². The first-order chi connectivity index (χ1) is 11.9. The number of rotatable bonds is 6. The van der Waals surface area contributed by atoms with E-state index in [1.165, 1.54) is 25.3 Å². The van der Waals surface area contributed by atoms with E-state index in [0.717, 1.165) is 5.56 Å². The number of amides is 1. The number of carbonyl (C=O) groups is 2. The number of ether oxygens (including phenoxy) is 2. The Hall–Kier alpha value is -2.24. The second-order valence-electron chi connectivity index (χ2n) is 5.24. The third-order valence-electron chi connectivity index (χ3n) is 3.55. The van der Waals surface area contributed by atoms with Crippen molar-refractivity contribution in [2.75, 3.05) is 14.2 Å². The molecule has 0 aliphatic heterocycles. The summed E-state index contributed by atoms with van der Waals surface area (Å²) in [5.41, 5.74) is 1.05. The predicted octanol–water partition coefficient (Wildman–Crippen LogP) is 4.04. The number of hydrogen-bond acceptors (Lipinski definition) is 4. The zero-order valence-electron chi connectivity index (χ0n) is 13.7. The molecule has 1 unspecified atom stereocenters. The molecular weight excluding hydrogens is 365 g/mol. The maximum atomic E-state index is 12.5. The Morgan fingerprint density at radius 3 is 2.16 bits per heavy atom. The van der Waals surface area contributed by atoms with Gasteiger partial charge in [-0.1, -0.05) is 35.3 Å². The van der Waals surface area contributed by atoms with Crippen molar-refractivity contribution in [2.24, 2.45) is 0 Å². The van der Waals surface area contributed by atoms with Crippen molar-refractivity contribution < 1.29 is 19.1 Å². The van der Waals surface area contributed by atoms with Gasteiger partial charge in [0.2, 0.25) is 0 Å². The summed E-state index contributed by atoms with van der Waals surface area (Å²) < 4.78 is 9.84. The van der Waals surface area contributed by atoms with Crippen LogP contribution in [0.5, 0.6) is 5.75 Å². The number of carbonyl (C=O) groups excluding carboxylic acids is 2. The van der Waals surface area contributed by atoms with Crippen molar-refractivity contribution in [3.63, 3.8) is 0 Å². The van der Waals surface area contributed by atoms with Crippen molar-refractivity contribution in [1.82, 2.24) is 5.32 Å². The van der Waals surface area contributed by atoms with Crippen LogP contribution >= 0.6 is 23.2 Å². The molecule has 0 bridgehead atoms. The average Bonchev–Trinajstić information content (AvgIpc) is 2.60. The van der Waals surface area contributed by atoms with Gasteiger partial charge in [-0.25, -0.2) is 0 Å². The molecule has 0 radical (unpaired) electrons. The number of esters is 1. The van der Waals surface area contributed by atoms with Crippen molar-refractivity contribution in [3.05, 3.63) is 63.6 Å². The summed E-state index contributed by atoms with van der Waals surface area (Å²) in [7, 11) is 2.86. The van der Waals surface area contributed by atoms with E-state index in [1.807, 2.05) is 0 Å². The molecule has 0 spiro atoms. The van der Waals surface area contributed by atoms with Gasteiger partial charge in [-0.05, 0) is 35.9 Å². The van der Waals surface area contributed by atoms with E-state index in [2.05, 4.69) is 5.32 Å². The highest BCUT2D eigenvalue weighted by Gasteiger charge is 2.20. The highest BCUT2D eigenvalue weighted by Crippen LogP contribution is 2.23. The summed E-state index contributed by atoms with van der Waals surface area (Å²) in [4.78, 5) is 24.2. The smallest absolute Gasteiger partial charge is 0.307 e. The molecule has 7 heteroatoms. The van der Waals surface area contributed by atoms with E-state index in [-0.39, 0.29) is 6.42 Å². The minimum atomic E-state index is -0.566. The van der Waals surface area contributed by atoms with Crippen LogP contribution in [0, 0.1) is 0 Å². The predicted molar refractivity (Wildman–Crippen MR) is 96.3 cm³/mol. The third-order valence-corrected chi connectivity index (χ3v) is 3.98. The number of methoxy groups -OCH3 is 2. The van der Waals surface area contributed by atoms with Gasteiger partial charge in [-0.2, -0.15) is 0 Å². The molecule has 0 aromatic heterocycles. The Balaban J connectivity index is 2.25. The maximum Gasteiger partial charge on any atom is 0.307 e. The van der Waals surface area contributed by atoms with Crippen LogP contribution < -0.4 is 10.1 Å². The Morgan fingerprint density at radius 2 is 1.64 bits per heavy atom. The van der Waals surface area contributed by atoms with Gasteiger partial charge < -0.3 is 14.8 Å². The summed E-state index contributed by atoms with van der Waals surface area (Å²) >= 11 is 11.9. The number of nitrogens with one attached hydrogen (secondary N) is 1. The summed E-state index contributed by atoms with van der Waals surface area (Å²) in [5.74, 6) is -0.159. The Morgan fingerprint density at radius 1 is 1.04 bits per heavy atom. The zero-order valence-corrected chi connectivity index (χ0v) is 15.2. The van der Waals surface area contributed by atoms with Crippen molar-refractivity contribution in [1.29, 1.82) is 0 Å². The number of hydrogen-bond donors (Lipinski definition) is 1. The van der Waals surface area contributed by atoms with Crippen LogP contribution in [0.3, 0.4) is 0 Å². The minimum absolute atomic E-state index is 0.0110. The second-order valence-corrected chi connectivity index (χ2v) is 6.11. The molecule has 2 aromatic rings. The fourth-order valence-electron chi connectivity index (χ4n) is 2.26. The molecular formula is C18H17Cl2NO4. The largest absolute Gasteiger partial charge is 0.497 e. The first kappa shape index (κ1) is 19.1. The molecule has 0 aliphatic carbocycles. The topological polar surface area (TPSA) is 64.6 Å². The molecule has 1 N–H and O–H groups in total.